The Hall–Kier alpha value is 0.560. The highest BCUT2D eigenvalue weighted by molar-refractivity contribution is 7.99. The highest BCUT2D eigenvalue weighted by atomic mass is 35.5. The van der Waals surface area contributed by atoms with Crippen LogP contribution in [0.5, 0.6) is 0 Å². The molecule has 2 rings (SSSR count). The molecule has 1 saturated carbocycles. The minimum absolute atomic E-state index is 0. The fourth-order valence-electron chi connectivity index (χ4n) is 2.38. The van der Waals surface area contributed by atoms with Crippen molar-refractivity contribution >= 4 is 24.2 Å². The van der Waals surface area contributed by atoms with Crippen molar-refractivity contribution in [3.8, 4) is 0 Å². The third kappa shape index (κ3) is 4.14. The van der Waals surface area contributed by atoms with E-state index in [1.165, 1.54) is 32.1 Å². The molecule has 90 valence electrons. The number of hydrogen-bond donors (Lipinski definition) is 2. The maximum absolute atomic E-state index is 9.64. The van der Waals surface area contributed by atoms with Crippen LogP contribution in [-0.4, -0.2) is 35.3 Å². The molecule has 1 saturated heterocycles. The van der Waals surface area contributed by atoms with Gasteiger partial charge in [-0.15, -0.1) is 12.4 Å². The first kappa shape index (κ1) is 13.6. The van der Waals surface area contributed by atoms with Gasteiger partial charge in [0.15, 0.2) is 0 Å². The standard InChI is InChI=1S/C11H21NOS.ClH/c13-11-7-12-6-9(11)8-14-10-4-2-1-3-5-10;/h9-13H,1-8H2;1H/t9-,11+;/m1./s1. The first-order valence-electron chi connectivity index (χ1n) is 5.86. The van der Waals surface area contributed by atoms with Gasteiger partial charge >= 0.3 is 0 Å². The Labute approximate surface area is 103 Å². The number of aliphatic hydroxyl groups is 1. The Morgan fingerprint density at radius 2 is 1.87 bits per heavy atom. The molecule has 0 aromatic heterocycles. The van der Waals surface area contributed by atoms with Crippen molar-refractivity contribution < 1.29 is 5.11 Å². The molecule has 1 aliphatic carbocycles. The van der Waals surface area contributed by atoms with E-state index in [2.05, 4.69) is 17.1 Å². The highest BCUT2D eigenvalue weighted by Crippen LogP contribution is 2.30. The summed E-state index contributed by atoms with van der Waals surface area (Å²) >= 11 is 2.10. The van der Waals surface area contributed by atoms with E-state index in [9.17, 15) is 5.11 Å². The largest absolute Gasteiger partial charge is 0.391 e. The molecule has 15 heavy (non-hydrogen) atoms. The molecular weight excluding hydrogens is 230 g/mol. The molecule has 2 N–H and O–H groups in total. The van der Waals surface area contributed by atoms with Crippen LogP contribution in [0.1, 0.15) is 32.1 Å². The van der Waals surface area contributed by atoms with E-state index in [0.29, 0.717) is 5.92 Å². The lowest BCUT2D eigenvalue weighted by atomic mass is 10.0. The average Bonchev–Trinajstić information content (AvgIpc) is 2.63. The van der Waals surface area contributed by atoms with Gasteiger partial charge in [0.25, 0.3) is 0 Å². The summed E-state index contributed by atoms with van der Waals surface area (Å²) in [5, 5.41) is 13.8. The zero-order valence-electron chi connectivity index (χ0n) is 9.15. The first-order valence-corrected chi connectivity index (χ1v) is 6.91. The van der Waals surface area contributed by atoms with Crippen LogP contribution in [0.2, 0.25) is 0 Å². The molecule has 0 aromatic carbocycles. The van der Waals surface area contributed by atoms with Gasteiger partial charge in [0, 0.05) is 30.0 Å². The zero-order valence-corrected chi connectivity index (χ0v) is 10.8. The summed E-state index contributed by atoms with van der Waals surface area (Å²) in [7, 11) is 0. The Morgan fingerprint density at radius 1 is 1.13 bits per heavy atom. The summed E-state index contributed by atoms with van der Waals surface area (Å²) < 4.78 is 0. The molecule has 1 aliphatic heterocycles. The molecule has 2 aliphatic rings. The second-order valence-corrected chi connectivity index (χ2v) is 5.91. The molecule has 0 amide bonds. The zero-order chi connectivity index (χ0) is 9.80. The minimum atomic E-state index is -0.0916. The van der Waals surface area contributed by atoms with Gasteiger partial charge in [-0.3, -0.25) is 0 Å². The van der Waals surface area contributed by atoms with Crippen molar-refractivity contribution in [2.75, 3.05) is 18.8 Å². The van der Waals surface area contributed by atoms with Gasteiger partial charge in [-0.05, 0) is 12.8 Å². The van der Waals surface area contributed by atoms with Crippen molar-refractivity contribution in [1.82, 2.24) is 5.32 Å². The average molecular weight is 252 g/mol. The number of rotatable bonds is 3. The van der Waals surface area contributed by atoms with Crippen molar-refractivity contribution in [2.24, 2.45) is 5.92 Å². The van der Waals surface area contributed by atoms with Gasteiger partial charge in [-0.2, -0.15) is 11.8 Å². The summed E-state index contributed by atoms with van der Waals surface area (Å²) in [5.41, 5.74) is 0. The lowest BCUT2D eigenvalue weighted by Gasteiger charge is -2.23. The summed E-state index contributed by atoms with van der Waals surface area (Å²) in [6.07, 6.45) is 6.99. The molecule has 1 heterocycles. The first-order chi connectivity index (χ1) is 6.86. The van der Waals surface area contributed by atoms with E-state index in [1.54, 1.807) is 0 Å². The Morgan fingerprint density at radius 3 is 2.47 bits per heavy atom. The molecule has 0 unspecified atom stereocenters. The Kier molecular flexibility index (Phi) is 6.36. The molecule has 0 aromatic rings. The maximum Gasteiger partial charge on any atom is 0.0712 e. The van der Waals surface area contributed by atoms with Crippen LogP contribution >= 0.6 is 24.2 Å². The number of nitrogens with one attached hydrogen (secondary N) is 1. The van der Waals surface area contributed by atoms with E-state index < -0.39 is 0 Å². The number of halogens is 1. The third-order valence-corrected chi connectivity index (χ3v) is 4.97. The van der Waals surface area contributed by atoms with Gasteiger partial charge in [0.1, 0.15) is 0 Å². The van der Waals surface area contributed by atoms with E-state index >= 15 is 0 Å². The minimum Gasteiger partial charge on any atom is -0.391 e. The summed E-state index contributed by atoms with van der Waals surface area (Å²) in [4.78, 5) is 0. The van der Waals surface area contributed by atoms with Crippen LogP contribution in [0.15, 0.2) is 0 Å². The summed E-state index contributed by atoms with van der Waals surface area (Å²) in [6.45, 7) is 1.82. The SMILES string of the molecule is Cl.O[C@H]1CNC[C@@H]1CSC1CCCCC1. The van der Waals surface area contributed by atoms with Crippen LogP contribution in [0.3, 0.4) is 0 Å². The van der Waals surface area contributed by atoms with Crippen LogP contribution in [0.4, 0.5) is 0 Å². The molecule has 2 atom stereocenters. The van der Waals surface area contributed by atoms with E-state index in [4.69, 9.17) is 0 Å². The Balaban J connectivity index is 0.00000112. The topological polar surface area (TPSA) is 32.3 Å². The molecule has 2 nitrogen and oxygen atoms in total. The lowest BCUT2D eigenvalue weighted by Crippen LogP contribution is -2.21. The fourth-order valence-corrected chi connectivity index (χ4v) is 3.91. The molecular formula is C11H22ClNOS. The molecule has 2 fully saturated rings. The van der Waals surface area contributed by atoms with E-state index in [-0.39, 0.29) is 18.5 Å². The summed E-state index contributed by atoms with van der Waals surface area (Å²) in [5.74, 6) is 1.65. The van der Waals surface area contributed by atoms with Gasteiger partial charge in [-0.1, -0.05) is 19.3 Å². The van der Waals surface area contributed by atoms with Crippen molar-refractivity contribution in [3.63, 3.8) is 0 Å². The quantitative estimate of drug-likeness (QED) is 0.806. The van der Waals surface area contributed by atoms with Gasteiger partial charge in [0.2, 0.25) is 0 Å². The van der Waals surface area contributed by atoms with Crippen molar-refractivity contribution in [3.05, 3.63) is 0 Å². The van der Waals surface area contributed by atoms with Gasteiger partial charge in [0.05, 0.1) is 6.10 Å². The highest BCUT2D eigenvalue weighted by Gasteiger charge is 2.26. The van der Waals surface area contributed by atoms with E-state index in [0.717, 1.165) is 24.1 Å². The monoisotopic (exact) mass is 251 g/mol. The molecule has 4 heteroatoms. The Bertz CT molecular complexity index is 176. The van der Waals surface area contributed by atoms with Gasteiger partial charge < -0.3 is 10.4 Å². The molecule has 0 radical (unpaired) electrons. The molecule has 0 spiro atoms. The number of aliphatic hydroxyl groups excluding tert-OH is 1. The third-order valence-electron chi connectivity index (χ3n) is 3.40. The van der Waals surface area contributed by atoms with Crippen molar-refractivity contribution in [2.45, 2.75) is 43.5 Å². The van der Waals surface area contributed by atoms with Crippen molar-refractivity contribution in [1.29, 1.82) is 0 Å². The lowest BCUT2D eigenvalue weighted by molar-refractivity contribution is 0.158. The predicted molar refractivity (Wildman–Crippen MR) is 68.9 cm³/mol. The van der Waals surface area contributed by atoms with Crippen LogP contribution in [0.25, 0.3) is 0 Å². The summed E-state index contributed by atoms with van der Waals surface area (Å²) in [6, 6.07) is 0. The van der Waals surface area contributed by atoms with Crippen LogP contribution < -0.4 is 5.32 Å². The number of β-amino-alcohol motifs (C(OH)–C–C–N with tert-alkyl or cyclic N) is 1. The normalized spacial score (nSPS) is 32.6. The predicted octanol–water partition coefficient (Wildman–Crippen LogP) is 2.05. The fraction of sp³-hybridized carbons (Fsp3) is 1.00. The van der Waals surface area contributed by atoms with Gasteiger partial charge in [-0.25, -0.2) is 0 Å². The second kappa shape index (κ2) is 7.00. The molecule has 0 bridgehead atoms. The van der Waals surface area contributed by atoms with Crippen LogP contribution in [-0.2, 0) is 0 Å². The van der Waals surface area contributed by atoms with E-state index in [1.807, 2.05) is 0 Å². The number of hydrogen-bond acceptors (Lipinski definition) is 3. The van der Waals surface area contributed by atoms with Crippen LogP contribution in [0, 0.1) is 5.92 Å². The smallest absolute Gasteiger partial charge is 0.0712 e. The number of thioether (sulfide) groups is 1. The maximum atomic E-state index is 9.64. The second-order valence-electron chi connectivity index (χ2n) is 4.58.